The lowest BCUT2D eigenvalue weighted by atomic mass is 10.1. The third-order valence-corrected chi connectivity index (χ3v) is 3.87. The Bertz CT molecular complexity index is 913. The van der Waals surface area contributed by atoms with E-state index in [1.165, 1.54) is 12.3 Å². The number of carbonyl (C=O) groups is 1. The average Bonchev–Trinajstić information content (AvgIpc) is 2.90. The number of alkyl halides is 3. The van der Waals surface area contributed by atoms with Crippen molar-refractivity contribution in [3.05, 3.63) is 70.6 Å². The first-order valence-corrected chi connectivity index (χ1v) is 7.29. The number of hydrogen-bond donors (Lipinski definition) is 0. The molecule has 2 aromatic carbocycles. The summed E-state index contributed by atoms with van der Waals surface area (Å²) < 4.78 is 53.2. The Hall–Kier alpha value is -2.34. The molecule has 124 valence electrons. The van der Waals surface area contributed by atoms with E-state index < -0.39 is 23.5 Å². The molecule has 3 aromatic rings. The highest BCUT2D eigenvalue weighted by Gasteiger charge is 2.34. The van der Waals surface area contributed by atoms with Crippen LogP contribution in [0.5, 0.6) is 0 Å². The van der Waals surface area contributed by atoms with Crippen LogP contribution in [0.2, 0.25) is 5.02 Å². The van der Waals surface area contributed by atoms with Crippen molar-refractivity contribution in [2.45, 2.75) is 12.6 Å². The van der Waals surface area contributed by atoms with Crippen LogP contribution in [-0.2, 0) is 12.6 Å². The molecular formula is C17H10ClF4NO. The molecular weight excluding hydrogens is 346 g/mol. The molecule has 0 aliphatic rings. The van der Waals surface area contributed by atoms with Gasteiger partial charge in [-0.1, -0.05) is 23.7 Å². The predicted octanol–water partition coefficient (Wildman–Crippen LogP) is 5.34. The number of halogens is 5. The van der Waals surface area contributed by atoms with Gasteiger partial charge in [0, 0.05) is 16.6 Å². The molecule has 0 radical (unpaired) electrons. The standard InChI is InChI=1S/C17H10ClF4NO/c18-12-3-1-10(2-4-12)7-16(24)23-6-5-11-8-14(19)13(9-15(11)23)17(20,21)22/h1-6,8-9H,7H2. The van der Waals surface area contributed by atoms with E-state index in [4.69, 9.17) is 11.6 Å². The van der Waals surface area contributed by atoms with Gasteiger partial charge in [-0.25, -0.2) is 4.39 Å². The van der Waals surface area contributed by atoms with Gasteiger partial charge in [0.15, 0.2) is 0 Å². The highest BCUT2D eigenvalue weighted by atomic mass is 35.5. The summed E-state index contributed by atoms with van der Waals surface area (Å²) in [5.74, 6) is -1.79. The van der Waals surface area contributed by atoms with Gasteiger partial charge in [-0.15, -0.1) is 0 Å². The first-order chi connectivity index (χ1) is 11.3. The molecule has 0 unspecified atom stereocenters. The number of aromatic nitrogens is 1. The Morgan fingerprint density at radius 1 is 1.08 bits per heavy atom. The molecule has 0 amide bonds. The van der Waals surface area contributed by atoms with Gasteiger partial charge in [0.1, 0.15) is 5.82 Å². The summed E-state index contributed by atoms with van der Waals surface area (Å²) in [4.78, 5) is 12.4. The van der Waals surface area contributed by atoms with Crippen molar-refractivity contribution in [3.8, 4) is 0 Å². The fraction of sp³-hybridized carbons (Fsp3) is 0.118. The van der Waals surface area contributed by atoms with Crippen LogP contribution in [0.3, 0.4) is 0 Å². The molecule has 0 atom stereocenters. The second-order valence-electron chi connectivity index (χ2n) is 5.27. The normalized spacial score (nSPS) is 11.9. The summed E-state index contributed by atoms with van der Waals surface area (Å²) in [7, 11) is 0. The molecule has 0 spiro atoms. The maximum Gasteiger partial charge on any atom is 0.419 e. The Labute approximate surface area is 139 Å². The molecule has 0 bridgehead atoms. The van der Waals surface area contributed by atoms with Crippen LogP contribution < -0.4 is 0 Å². The molecule has 0 N–H and O–H groups in total. The summed E-state index contributed by atoms with van der Waals surface area (Å²) in [5, 5.41) is 0.743. The summed E-state index contributed by atoms with van der Waals surface area (Å²) in [5.41, 5.74) is -0.707. The van der Waals surface area contributed by atoms with Gasteiger partial charge in [-0.3, -0.25) is 9.36 Å². The Balaban J connectivity index is 2.00. The molecule has 0 aliphatic carbocycles. The lowest BCUT2D eigenvalue weighted by Gasteiger charge is -2.10. The van der Waals surface area contributed by atoms with E-state index in [1.54, 1.807) is 24.3 Å². The topological polar surface area (TPSA) is 22.0 Å². The number of nitrogens with zero attached hydrogens (tertiary/aromatic N) is 1. The molecule has 1 heterocycles. The third kappa shape index (κ3) is 3.14. The Kier molecular flexibility index (Phi) is 4.09. The number of rotatable bonds is 2. The predicted molar refractivity (Wildman–Crippen MR) is 82.7 cm³/mol. The highest BCUT2D eigenvalue weighted by molar-refractivity contribution is 6.30. The van der Waals surface area contributed by atoms with Gasteiger partial charge in [0.2, 0.25) is 5.91 Å². The van der Waals surface area contributed by atoms with E-state index in [0.29, 0.717) is 16.7 Å². The van der Waals surface area contributed by atoms with Crippen LogP contribution >= 0.6 is 11.6 Å². The highest BCUT2D eigenvalue weighted by Crippen LogP contribution is 2.34. The van der Waals surface area contributed by atoms with Gasteiger partial charge in [0.25, 0.3) is 0 Å². The quantitative estimate of drug-likeness (QED) is 0.569. The minimum Gasteiger partial charge on any atom is -0.287 e. The summed E-state index contributed by atoms with van der Waals surface area (Å²) in [6.07, 6.45) is -3.51. The van der Waals surface area contributed by atoms with Gasteiger partial charge < -0.3 is 0 Å². The maximum absolute atomic E-state index is 13.6. The molecule has 0 saturated heterocycles. The molecule has 24 heavy (non-hydrogen) atoms. The zero-order chi connectivity index (χ0) is 17.5. The van der Waals surface area contributed by atoms with E-state index in [2.05, 4.69) is 0 Å². The summed E-state index contributed by atoms with van der Waals surface area (Å²) in [6, 6.07) is 9.40. The second-order valence-corrected chi connectivity index (χ2v) is 5.71. The zero-order valence-corrected chi connectivity index (χ0v) is 12.8. The first-order valence-electron chi connectivity index (χ1n) is 6.91. The van der Waals surface area contributed by atoms with Crippen molar-refractivity contribution in [1.82, 2.24) is 4.57 Å². The fourth-order valence-corrected chi connectivity index (χ4v) is 2.58. The minimum atomic E-state index is -4.83. The SMILES string of the molecule is O=C(Cc1ccc(Cl)cc1)n1ccc2cc(F)c(C(F)(F)F)cc21. The largest absolute Gasteiger partial charge is 0.419 e. The van der Waals surface area contributed by atoms with Crippen molar-refractivity contribution in [2.24, 2.45) is 0 Å². The fourth-order valence-electron chi connectivity index (χ4n) is 2.45. The number of fused-ring (bicyclic) bond motifs is 1. The van der Waals surface area contributed by atoms with Gasteiger partial charge >= 0.3 is 6.18 Å². The Morgan fingerprint density at radius 3 is 2.38 bits per heavy atom. The molecule has 3 rings (SSSR count). The molecule has 0 saturated carbocycles. The van der Waals surface area contributed by atoms with E-state index >= 15 is 0 Å². The molecule has 2 nitrogen and oxygen atoms in total. The van der Waals surface area contributed by atoms with Crippen LogP contribution in [-0.4, -0.2) is 10.5 Å². The Morgan fingerprint density at radius 2 is 1.75 bits per heavy atom. The van der Waals surface area contributed by atoms with E-state index in [-0.39, 0.29) is 17.3 Å². The van der Waals surface area contributed by atoms with Gasteiger partial charge in [0.05, 0.1) is 17.5 Å². The molecule has 7 heteroatoms. The molecule has 0 fully saturated rings. The lowest BCUT2D eigenvalue weighted by Crippen LogP contribution is -2.13. The van der Waals surface area contributed by atoms with Crippen LogP contribution in [0, 0.1) is 5.82 Å². The number of hydrogen-bond acceptors (Lipinski definition) is 1. The second kappa shape index (κ2) is 5.94. The van der Waals surface area contributed by atoms with Crippen LogP contribution in [0.15, 0.2) is 48.7 Å². The lowest BCUT2D eigenvalue weighted by molar-refractivity contribution is -0.139. The molecule has 0 aliphatic heterocycles. The van der Waals surface area contributed by atoms with Crippen molar-refractivity contribution >= 4 is 28.4 Å². The van der Waals surface area contributed by atoms with Crippen molar-refractivity contribution in [1.29, 1.82) is 0 Å². The smallest absolute Gasteiger partial charge is 0.287 e. The average molecular weight is 356 g/mol. The molecule has 1 aromatic heterocycles. The number of carbonyl (C=O) groups excluding carboxylic acids is 1. The van der Waals surface area contributed by atoms with Gasteiger partial charge in [-0.05, 0) is 35.9 Å². The number of benzene rings is 2. The first kappa shape index (κ1) is 16.5. The van der Waals surface area contributed by atoms with Crippen molar-refractivity contribution < 1.29 is 22.4 Å². The van der Waals surface area contributed by atoms with E-state index in [9.17, 15) is 22.4 Å². The summed E-state index contributed by atoms with van der Waals surface area (Å²) in [6.45, 7) is 0. The zero-order valence-electron chi connectivity index (χ0n) is 12.1. The minimum absolute atomic E-state index is 0.0142. The van der Waals surface area contributed by atoms with E-state index in [0.717, 1.165) is 10.6 Å². The summed E-state index contributed by atoms with van der Waals surface area (Å²) >= 11 is 5.77. The van der Waals surface area contributed by atoms with Crippen LogP contribution in [0.1, 0.15) is 15.9 Å². The van der Waals surface area contributed by atoms with Gasteiger partial charge in [-0.2, -0.15) is 13.2 Å². The maximum atomic E-state index is 13.6. The third-order valence-electron chi connectivity index (χ3n) is 3.62. The van der Waals surface area contributed by atoms with Crippen molar-refractivity contribution in [2.75, 3.05) is 0 Å². The van der Waals surface area contributed by atoms with E-state index in [1.807, 2.05) is 0 Å². The van der Waals surface area contributed by atoms with Crippen LogP contribution in [0.25, 0.3) is 10.9 Å². The monoisotopic (exact) mass is 355 g/mol. The van der Waals surface area contributed by atoms with Crippen molar-refractivity contribution in [3.63, 3.8) is 0 Å². The van der Waals surface area contributed by atoms with Crippen LogP contribution in [0.4, 0.5) is 17.6 Å².